The molecule has 1 aliphatic carbocycles. The molecule has 6 heteroatoms. The predicted octanol–water partition coefficient (Wildman–Crippen LogP) is 5.06. The number of carbonyl (C=O) groups excluding carboxylic acids is 2. The highest BCUT2D eigenvalue weighted by Gasteiger charge is 2.26. The lowest BCUT2D eigenvalue weighted by Crippen LogP contribution is -2.26. The quantitative estimate of drug-likeness (QED) is 0.677. The number of hydrogen-bond acceptors (Lipinski definition) is 3. The van der Waals surface area contributed by atoms with Gasteiger partial charge in [0.15, 0.2) is 0 Å². The van der Waals surface area contributed by atoms with Gasteiger partial charge in [0.05, 0.1) is 5.56 Å². The van der Waals surface area contributed by atoms with Crippen molar-refractivity contribution in [1.29, 1.82) is 0 Å². The maximum atomic E-state index is 12.8. The first kappa shape index (κ1) is 18.9. The van der Waals surface area contributed by atoms with Gasteiger partial charge in [-0.2, -0.15) is 0 Å². The molecule has 0 saturated heterocycles. The number of hydrogen-bond donors (Lipinski definition) is 2. The molecule has 0 atom stereocenters. The Morgan fingerprint density at radius 1 is 1.12 bits per heavy atom. The van der Waals surface area contributed by atoms with Gasteiger partial charge in [0.2, 0.25) is 0 Å². The summed E-state index contributed by atoms with van der Waals surface area (Å²) in [6.45, 7) is 2.75. The Kier molecular flexibility index (Phi) is 6.33. The molecule has 26 heavy (non-hydrogen) atoms. The Labute approximate surface area is 162 Å². The van der Waals surface area contributed by atoms with Crippen LogP contribution in [0.3, 0.4) is 0 Å². The van der Waals surface area contributed by atoms with Crippen LogP contribution < -0.4 is 10.6 Å². The molecule has 2 aromatic rings. The zero-order valence-corrected chi connectivity index (χ0v) is 16.4. The first-order valence-corrected chi connectivity index (χ1v) is 10.3. The summed E-state index contributed by atoms with van der Waals surface area (Å²) in [5.74, 6) is -0.299. The Morgan fingerprint density at radius 2 is 1.85 bits per heavy atom. The lowest BCUT2D eigenvalue weighted by molar-refractivity contribution is 0.0953. The Balaban J connectivity index is 1.85. The van der Waals surface area contributed by atoms with Crippen molar-refractivity contribution >= 4 is 39.8 Å². The lowest BCUT2D eigenvalue weighted by Gasteiger charge is -2.13. The van der Waals surface area contributed by atoms with E-state index in [1.54, 1.807) is 24.3 Å². The molecule has 0 fully saturated rings. The minimum atomic E-state index is -0.220. The molecule has 0 bridgehead atoms. The van der Waals surface area contributed by atoms with Crippen LogP contribution in [-0.4, -0.2) is 18.4 Å². The molecular formula is C20H23ClN2O2S. The van der Waals surface area contributed by atoms with E-state index in [-0.39, 0.29) is 11.8 Å². The summed E-state index contributed by atoms with van der Waals surface area (Å²) >= 11 is 7.43. The number of fused-ring (bicyclic) bond motifs is 1. The summed E-state index contributed by atoms with van der Waals surface area (Å²) in [6, 6.07) is 6.75. The number of thiophene rings is 1. The average molecular weight is 391 g/mol. The van der Waals surface area contributed by atoms with Crippen LogP contribution >= 0.6 is 22.9 Å². The highest BCUT2D eigenvalue weighted by molar-refractivity contribution is 7.17. The summed E-state index contributed by atoms with van der Waals surface area (Å²) in [6.07, 6.45) is 6.08. The van der Waals surface area contributed by atoms with Gasteiger partial charge < -0.3 is 10.6 Å². The largest absolute Gasteiger partial charge is 0.352 e. The zero-order valence-electron chi connectivity index (χ0n) is 14.9. The number of benzene rings is 1. The maximum absolute atomic E-state index is 12.8. The topological polar surface area (TPSA) is 58.2 Å². The normalized spacial score (nSPS) is 13.2. The van der Waals surface area contributed by atoms with Crippen molar-refractivity contribution < 1.29 is 9.59 Å². The SMILES string of the molecule is CCCCNC(=O)c1c(NC(=O)c2ccc(Cl)cc2)sc2c1CCCC2. The van der Waals surface area contributed by atoms with Crippen molar-refractivity contribution in [1.82, 2.24) is 5.32 Å². The molecule has 0 radical (unpaired) electrons. The number of nitrogens with one attached hydrogen (secondary N) is 2. The molecule has 0 saturated carbocycles. The smallest absolute Gasteiger partial charge is 0.256 e. The van der Waals surface area contributed by atoms with Gasteiger partial charge in [-0.05, 0) is 61.9 Å². The van der Waals surface area contributed by atoms with E-state index in [0.29, 0.717) is 27.7 Å². The molecule has 1 aromatic carbocycles. The van der Waals surface area contributed by atoms with E-state index in [1.807, 2.05) is 0 Å². The number of halogens is 1. The number of aryl methyl sites for hydroxylation is 1. The van der Waals surface area contributed by atoms with Gasteiger partial charge in [-0.25, -0.2) is 0 Å². The van der Waals surface area contributed by atoms with E-state index >= 15 is 0 Å². The van der Waals surface area contributed by atoms with E-state index in [0.717, 1.165) is 44.1 Å². The number of carbonyl (C=O) groups is 2. The fourth-order valence-corrected chi connectivity index (χ4v) is 4.55. The van der Waals surface area contributed by atoms with Crippen LogP contribution in [0.25, 0.3) is 0 Å². The van der Waals surface area contributed by atoms with Crippen molar-refractivity contribution in [2.24, 2.45) is 0 Å². The molecule has 138 valence electrons. The second-order valence-corrected chi connectivity index (χ2v) is 8.03. The molecule has 1 aromatic heterocycles. The fourth-order valence-electron chi connectivity index (χ4n) is 3.14. The molecule has 2 amide bonds. The Morgan fingerprint density at radius 3 is 2.58 bits per heavy atom. The molecule has 3 rings (SSSR count). The fraction of sp³-hybridized carbons (Fsp3) is 0.400. The van der Waals surface area contributed by atoms with E-state index < -0.39 is 0 Å². The second-order valence-electron chi connectivity index (χ2n) is 6.49. The van der Waals surface area contributed by atoms with Crippen molar-refractivity contribution in [2.75, 3.05) is 11.9 Å². The highest BCUT2D eigenvalue weighted by atomic mass is 35.5. The highest BCUT2D eigenvalue weighted by Crippen LogP contribution is 2.38. The van der Waals surface area contributed by atoms with E-state index in [2.05, 4.69) is 17.6 Å². The number of amides is 2. The summed E-state index contributed by atoms with van der Waals surface area (Å²) < 4.78 is 0. The summed E-state index contributed by atoms with van der Waals surface area (Å²) in [5.41, 5.74) is 2.29. The first-order chi connectivity index (χ1) is 12.6. The molecule has 0 unspecified atom stereocenters. The standard InChI is InChI=1S/C20H23ClN2O2S/c1-2-3-12-22-19(25)17-15-6-4-5-7-16(15)26-20(17)23-18(24)13-8-10-14(21)11-9-13/h8-11H,2-7,12H2,1H3,(H,22,25)(H,23,24). The van der Waals surface area contributed by atoms with Gasteiger partial charge in [0, 0.05) is 22.0 Å². The minimum absolute atomic E-state index is 0.0794. The van der Waals surface area contributed by atoms with Crippen LogP contribution in [0.1, 0.15) is 63.8 Å². The van der Waals surface area contributed by atoms with Crippen LogP contribution in [0.4, 0.5) is 5.00 Å². The van der Waals surface area contributed by atoms with Crippen molar-refractivity contribution in [2.45, 2.75) is 45.4 Å². The van der Waals surface area contributed by atoms with E-state index in [9.17, 15) is 9.59 Å². The second kappa shape index (κ2) is 8.69. The molecule has 4 nitrogen and oxygen atoms in total. The number of rotatable bonds is 6. The van der Waals surface area contributed by atoms with Crippen molar-refractivity contribution in [3.63, 3.8) is 0 Å². The van der Waals surface area contributed by atoms with Crippen LogP contribution in [0, 0.1) is 0 Å². The number of anilines is 1. The summed E-state index contributed by atoms with van der Waals surface area (Å²) in [4.78, 5) is 26.6. The van der Waals surface area contributed by atoms with Crippen LogP contribution in [0.2, 0.25) is 5.02 Å². The van der Waals surface area contributed by atoms with Gasteiger partial charge in [-0.1, -0.05) is 24.9 Å². The van der Waals surface area contributed by atoms with Gasteiger partial charge >= 0.3 is 0 Å². The minimum Gasteiger partial charge on any atom is -0.352 e. The van der Waals surface area contributed by atoms with E-state index in [4.69, 9.17) is 11.6 Å². The molecule has 0 spiro atoms. The third-order valence-corrected chi connectivity index (χ3v) is 6.01. The molecule has 2 N–H and O–H groups in total. The third kappa shape index (κ3) is 4.27. The van der Waals surface area contributed by atoms with Gasteiger partial charge in [-0.15, -0.1) is 11.3 Å². The first-order valence-electron chi connectivity index (χ1n) is 9.09. The monoisotopic (exact) mass is 390 g/mol. The average Bonchev–Trinajstić information content (AvgIpc) is 3.00. The third-order valence-electron chi connectivity index (χ3n) is 4.55. The van der Waals surface area contributed by atoms with Gasteiger partial charge in [0.25, 0.3) is 11.8 Å². The lowest BCUT2D eigenvalue weighted by atomic mass is 9.95. The molecule has 0 aliphatic heterocycles. The Hall–Kier alpha value is -1.85. The van der Waals surface area contributed by atoms with E-state index in [1.165, 1.54) is 16.2 Å². The zero-order chi connectivity index (χ0) is 18.5. The molecular weight excluding hydrogens is 368 g/mol. The van der Waals surface area contributed by atoms with Gasteiger partial charge in [-0.3, -0.25) is 9.59 Å². The van der Waals surface area contributed by atoms with Crippen LogP contribution in [0.15, 0.2) is 24.3 Å². The van der Waals surface area contributed by atoms with Crippen molar-refractivity contribution in [3.8, 4) is 0 Å². The van der Waals surface area contributed by atoms with Crippen molar-refractivity contribution in [3.05, 3.63) is 50.9 Å². The molecule has 1 heterocycles. The maximum Gasteiger partial charge on any atom is 0.256 e. The summed E-state index contributed by atoms with van der Waals surface area (Å²) in [5, 5.41) is 7.19. The van der Waals surface area contributed by atoms with Crippen LogP contribution in [-0.2, 0) is 12.8 Å². The predicted molar refractivity (Wildman–Crippen MR) is 108 cm³/mol. The van der Waals surface area contributed by atoms with Crippen LogP contribution in [0.5, 0.6) is 0 Å². The van der Waals surface area contributed by atoms with Gasteiger partial charge in [0.1, 0.15) is 5.00 Å². The number of unbranched alkanes of at least 4 members (excludes halogenated alkanes) is 1. The summed E-state index contributed by atoms with van der Waals surface area (Å²) in [7, 11) is 0. The molecule has 1 aliphatic rings. The Bertz CT molecular complexity index is 799.